The normalized spacial score (nSPS) is 11.7. The van der Waals surface area contributed by atoms with Gasteiger partial charge in [-0.05, 0) is 25.5 Å². The fraction of sp³-hybridized carbons (Fsp3) is 0.280. The maximum Gasteiger partial charge on any atom is 0.244 e. The molecule has 5 nitrogen and oxygen atoms in total. The summed E-state index contributed by atoms with van der Waals surface area (Å²) in [4.78, 5) is 12.2. The quantitative estimate of drug-likeness (QED) is 0.369. The van der Waals surface area contributed by atoms with Gasteiger partial charge in [0, 0.05) is 41.5 Å². The molecule has 0 atom stereocenters. The van der Waals surface area contributed by atoms with Crippen molar-refractivity contribution in [1.29, 1.82) is 0 Å². The number of aromatic nitrogens is 2. The average molecular weight is 436 g/mol. The molecule has 0 radical (unpaired) electrons. The molecular formula is C25H29N3O2S. The van der Waals surface area contributed by atoms with E-state index < -0.39 is 5.60 Å². The first kappa shape index (κ1) is 22.8. The Morgan fingerprint density at radius 1 is 1.13 bits per heavy atom. The molecule has 1 amide bonds. The Hall–Kier alpha value is -2.83. The van der Waals surface area contributed by atoms with Crippen LogP contribution in [0.1, 0.15) is 25.0 Å². The predicted molar refractivity (Wildman–Crippen MR) is 129 cm³/mol. The first-order chi connectivity index (χ1) is 14.9. The fourth-order valence-electron chi connectivity index (χ4n) is 3.02. The van der Waals surface area contributed by atoms with Crippen LogP contribution < -0.4 is 5.32 Å². The van der Waals surface area contributed by atoms with Crippen LogP contribution in [0.25, 0.3) is 17.3 Å². The van der Waals surface area contributed by atoms with Crippen molar-refractivity contribution in [3.63, 3.8) is 0 Å². The number of aliphatic hydroxyl groups is 1. The predicted octanol–water partition coefficient (Wildman–Crippen LogP) is 4.23. The van der Waals surface area contributed by atoms with E-state index in [-0.39, 0.29) is 5.91 Å². The van der Waals surface area contributed by atoms with Gasteiger partial charge in [-0.15, -0.1) is 0 Å². The van der Waals surface area contributed by atoms with Crippen molar-refractivity contribution in [3.05, 3.63) is 84.1 Å². The number of carbonyl (C=O) groups excluding carboxylic acids is 1. The third kappa shape index (κ3) is 7.74. The SMILES string of the molecule is CC(C)(O)CSCCNC(=O)C=Cc1cn(Cc2ccccc2)nc1-c1ccccc1. The minimum Gasteiger partial charge on any atom is -0.390 e. The van der Waals surface area contributed by atoms with Gasteiger partial charge in [0.15, 0.2) is 0 Å². The van der Waals surface area contributed by atoms with Crippen LogP contribution in [0.2, 0.25) is 0 Å². The molecule has 3 aromatic rings. The third-order valence-electron chi connectivity index (χ3n) is 4.44. The molecule has 0 aliphatic heterocycles. The number of nitrogens with zero attached hydrogens (tertiary/aromatic N) is 2. The summed E-state index contributed by atoms with van der Waals surface area (Å²) in [6, 6.07) is 20.2. The molecule has 3 rings (SSSR count). The molecule has 2 N–H and O–H groups in total. The van der Waals surface area contributed by atoms with E-state index in [1.165, 1.54) is 5.56 Å². The van der Waals surface area contributed by atoms with Crippen molar-refractivity contribution in [3.8, 4) is 11.3 Å². The van der Waals surface area contributed by atoms with E-state index in [2.05, 4.69) is 17.4 Å². The Kier molecular flexibility index (Phi) is 8.09. The van der Waals surface area contributed by atoms with Gasteiger partial charge in [-0.3, -0.25) is 9.48 Å². The second kappa shape index (κ2) is 11.0. The molecule has 0 unspecified atom stereocenters. The Labute approximate surface area is 188 Å². The monoisotopic (exact) mass is 435 g/mol. The van der Waals surface area contributed by atoms with E-state index in [0.717, 1.165) is 22.6 Å². The lowest BCUT2D eigenvalue weighted by Gasteiger charge is -2.15. The average Bonchev–Trinajstić information content (AvgIpc) is 3.15. The first-order valence-electron chi connectivity index (χ1n) is 10.3. The zero-order chi connectivity index (χ0) is 22.1. The highest BCUT2D eigenvalue weighted by Crippen LogP contribution is 2.23. The molecule has 0 aliphatic carbocycles. The molecule has 0 saturated carbocycles. The molecule has 6 heteroatoms. The molecule has 1 aromatic heterocycles. The van der Waals surface area contributed by atoms with Crippen LogP contribution in [0.3, 0.4) is 0 Å². The molecule has 0 fully saturated rings. The van der Waals surface area contributed by atoms with Crippen LogP contribution in [0.5, 0.6) is 0 Å². The zero-order valence-corrected chi connectivity index (χ0v) is 18.8. The number of thioether (sulfide) groups is 1. The molecule has 31 heavy (non-hydrogen) atoms. The summed E-state index contributed by atoms with van der Waals surface area (Å²) in [6.45, 7) is 4.79. The third-order valence-corrected chi connectivity index (χ3v) is 5.84. The van der Waals surface area contributed by atoms with Gasteiger partial charge in [-0.25, -0.2) is 0 Å². The Balaban J connectivity index is 1.66. The highest BCUT2D eigenvalue weighted by Gasteiger charge is 2.12. The molecule has 162 valence electrons. The van der Waals surface area contributed by atoms with Crippen molar-refractivity contribution >= 4 is 23.7 Å². The highest BCUT2D eigenvalue weighted by molar-refractivity contribution is 7.99. The second-order valence-corrected chi connectivity index (χ2v) is 9.08. The van der Waals surface area contributed by atoms with Crippen LogP contribution in [-0.4, -0.2) is 44.4 Å². The fourth-order valence-corrected chi connectivity index (χ4v) is 3.91. The summed E-state index contributed by atoms with van der Waals surface area (Å²) in [5, 5.41) is 17.4. The van der Waals surface area contributed by atoms with Gasteiger partial charge in [0.1, 0.15) is 0 Å². The lowest BCUT2D eigenvalue weighted by atomic mass is 10.1. The highest BCUT2D eigenvalue weighted by atomic mass is 32.2. The second-order valence-electron chi connectivity index (χ2n) is 7.97. The summed E-state index contributed by atoms with van der Waals surface area (Å²) < 4.78 is 1.91. The van der Waals surface area contributed by atoms with E-state index in [1.807, 2.05) is 65.5 Å². The molecule has 2 aromatic carbocycles. The van der Waals surface area contributed by atoms with E-state index in [9.17, 15) is 9.90 Å². The standard InChI is InChI=1S/C25H29N3O2S/c1-25(2,30)19-31-16-15-26-23(29)14-13-22-18-28(17-20-9-5-3-6-10-20)27-24(22)21-11-7-4-8-12-21/h3-14,18,30H,15-17,19H2,1-2H3,(H,26,29). The van der Waals surface area contributed by atoms with Gasteiger partial charge in [0.25, 0.3) is 0 Å². The van der Waals surface area contributed by atoms with E-state index in [1.54, 1.807) is 31.7 Å². The van der Waals surface area contributed by atoms with E-state index >= 15 is 0 Å². The van der Waals surface area contributed by atoms with Crippen LogP contribution in [0.4, 0.5) is 0 Å². The molecule has 0 aliphatic rings. The number of amides is 1. The number of nitrogens with one attached hydrogen (secondary N) is 1. The van der Waals surface area contributed by atoms with Crippen LogP contribution in [0, 0.1) is 0 Å². The summed E-state index contributed by atoms with van der Waals surface area (Å²) in [5.41, 5.74) is 3.23. The van der Waals surface area contributed by atoms with Crippen molar-refractivity contribution < 1.29 is 9.90 Å². The lowest BCUT2D eigenvalue weighted by molar-refractivity contribution is -0.116. The summed E-state index contributed by atoms with van der Waals surface area (Å²) in [7, 11) is 0. The Morgan fingerprint density at radius 2 is 1.81 bits per heavy atom. The molecule has 0 spiro atoms. The number of hydrogen-bond donors (Lipinski definition) is 2. The zero-order valence-electron chi connectivity index (χ0n) is 18.0. The Bertz CT molecular complexity index is 993. The number of rotatable bonds is 10. The molecule has 0 bridgehead atoms. The van der Waals surface area contributed by atoms with Gasteiger partial charge >= 0.3 is 0 Å². The van der Waals surface area contributed by atoms with E-state index in [0.29, 0.717) is 18.8 Å². The number of carbonyl (C=O) groups is 1. The maximum absolute atomic E-state index is 12.2. The van der Waals surface area contributed by atoms with Crippen molar-refractivity contribution in [2.24, 2.45) is 0 Å². The van der Waals surface area contributed by atoms with Crippen molar-refractivity contribution in [1.82, 2.24) is 15.1 Å². The largest absolute Gasteiger partial charge is 0.390 e. The number of benzene rings is 2. The summed E-state index contributed by atoms with van der Waals surface area (Å²) >= 11 is 1.62. The van der Waals surface area contributed by atoms with Gasteiger partial charge < -0.3 is 10.4 Å². The minimum absolute atomic E-state index is 0.140. The van der Waals surface area contributed by atoms with E-state index in [4.69, 9.17) is 5.10 Å². The smallest absolute Gasteiger partial charge is 0.244 e. The van der Waals surface area contributed by atoms with Crippen LogP contribution in [0.15, 0.2) is 72.9 Å². The van der Waals surface area contributed by atoms with Crippen LogP contribution >= 0.6 is 11.8 Å². The van der Waals surface area contributed by atoms with Gasteiger partial charge in [0.05, 0.1) is 17.8 Å². The van der Waals surface area contributed by atoms with Crippen LogP contribution in [-0.2, 0) is 11.3 Å². The minimum atomic E-state index is -0.692. The Morgan fingerprint density at radius 3 is 2.48 bits per heavy atom. The molecule has 0 saturated heterocycles. The summed E-state index contributed by atoms with van der Waals surface area (Å²) in [6.07, 6.45) is 5.34. The van der Waals surface area contributed by atoms with Crippen molar-refractivity contribution in [2.45, 2.75) is 26.0 Å². The summed E-state index contributed by atoms with van der Waals surface area (Å²) in [5.74, 6) is 1.26. The maximum atomic E-state index is 12.2. The lowest BCUT2D eigenvalue weighted by Crippen LogP contribution is -2.26. The molecule has 1 heterocycles. The first-order valence-corrected chi connectivity index (χ1v) is 11.5. The topological polar surface area (TPSA) is 67.2 Å². The van der Waals surface area contributed by atoms with Gasteiger partial charge in [0.2, 0.25) is 5.91 Å². The van der Waals surface area contributed by atoms with Gasteiger partial charge in [-0.1, -0.05) is 60.7 Å². The molecular weight excluding hydrogens is 406 g/mol. The van der Waals surface area contributed by atoms with Gasteiger partial charge in [-0.2, -0.15) is 16.9 Å². The van der Waals surface area contributed by atoms with Crippen molar-refractivity contribution in [2.75, 3.05) is 18.1 Å². The number of hydrogen-bond acceptors (Lipinski definition) is 4.